The fourth-order valence-electron chi connectivity index (χ4n) is 2.60. The lowest BCUT2D eigenvalue weighted by atomic mass is 9.67. The fraction of sp³-hybridized carbons (Fsp3) is 0.636. The van der Waals surface area contributed by atoms with Gasteiger partial charge in [0.2, 0.25) is 0 Å². The van der Waals surface area contributed by atoms with Gasteiger partial charge in [0, 0.05) is 11.8 Å². The third-order valence-corrected chi connectivity index (χ3v) is 3.50. The van der Waals surface area contributed by atoms with Crippen LogP contribution in [0.1, 0.15) is 32.6 Å². The van der Waals surface area contributed by atoms with E-state index in [1.807, 2.05) is 6.08 Å². The number of Topliss-reactive ketones (excluding diaryl/α,β-unsaturated/α-hetero) is 1. The van der Waals surface area contributed by atoms with Crippen LogP contribution in [0.15, 0.2) is 11.6 Å². The summed E-state index contributed by atoms with van der Waals surface area (Å²) in [6, 6.07) is 2.32. The van der Waals surface area contributed by atoms with E-state index in [0.717, 1.165) is 24.8 Å². The predicted molar refractivity (Wildman–Crippen MR) is 48.8 cm³/mol. The molecule has 1 saturated carbocycles. The molecule has 0 aromatic heterocycles. The molecule has 0 spiro atoms. The minimum atomic E-state index is -0.121. The van der Waals surface area contributed by atoms with E-state index in [9.17, 15) is 4.79 Å². The zero-order valence-corrected chi connectivity index (χ0v) is 7.84. The van der Waals surface area contributed by atoms with Gasteiger partial charge in [-0.05, 0) is 24.8 Å². The number of hydrogen-bond acceptors (Lipinski definition) is 2. The van der Waals surface area contributed by atoms with Crippen molar-refractivity contribution in [3.8, 4) is 6.07 Å². The maximum Gasteiger partial charge on any atom is 0.159 e. The maximum absolute atomic E-state index is 11.6. The van der Waals surface area contributed by atoms with Crippen molar-refractivity contribution in [1.29, 1.82) is 5.26 Å². The summed E-state index contributed by atoms with van der Waals surface area (Å²) in [4.78, 5) is 11.6. The number of nitrogens with zero attached hydrogens (tertiary/aromatic N) is 1. The molecule has 2 aliphatic carbocycles. The number of nitriles is 1. The second-order valence-electron chi connectivity index (χ2n) is 4.23. The van der Waals surface area contributed by atoms with E-state index in [1.165, 1.54) is 0 Å². The van der Waals surface area contributed by atoms with Crippen molar-refractivity contribution >= 4 is 5.78 Å². The molecule has 68 valence electrons. The highest BCUT2D eigenvalue weighted by Crippen LogP contribution is 2.50. The quantitative estimate of drug-likeness (QED) is 0.566. The highest BCUT2D eigenvalue weighted by Gasteiger charge is 2.45. The van der Waals surface area contributed by atoms with Gasteiger partial charge in [-0.1, -0.05) is 13.0 Å². The number of fused-ring (bicyclic) bond motifs is 1. The number of hydrogen-bond donors (Lipinski definition) is 0. The smallest absolute Gasteiger partial charge is 0.159 e. The lowest BCUT2D eigenvalue weighted by Crippen LogP contribution is -2.31. The highest BCUT2D eigenvalue weighted by atomic mass is 16.1. The molecule has 0 N–H and O–H groups in total. The minimum absolute atomic E-state index is 0.0340. The first-order valence-electron chi connectivity index (χ1n) is 4.82. The normalized spacial score (nSPS) is 38.0. The monoisotopic (exact) mass is 175 g/mol. The first kappa shape index (κ1) is 8.50. The van der Waals surface area contributed by atoms with E-state index in [4.69, 9.17) is 5.26 Å². The molecule has 0 aromatic rings. The summed E-state index contributed by atoms with van der Waals surface area (Å²) in [5.74, 6) is 0.304. The molecular formula is C11H13NO. The van der Waals surface area contributed by atoms with Gasteiger partial charge in [-0.3, -0.25) is 4.79 Å². The summed E-state index contributed by atoms with van der Waals surface area (Å²) in [7, 11) is 0. The second-order valence-corrected chi connectivity index (χ2v) is 4.23. The van der Waals surface area contributed by atoms with E-state index < -0.39 is 0 Å². The van der Waals surface area contributed by atoms with E-state index in [0.29, 0.717) is 6.42 Å². The van der Waals surface area contributed by atoms with Gasteiger partial charge in [0.15, 0.2) is 5.78 Å². The number of carbonyl (C=O) groups is 1. The summed E-state index contributed by atoms with van der Waals surface area (Å²) < 4.78 is 0. The van der Waals surface area contributed by atoms with Gasteiger partial charge in [-0.25, -0.2) is 0 Å². The second kappa shape index (κ2) is 2.70. The topological polar surface area (TPSA) is 40.9 Å². The van der Waals surface area contributed by atoms with E-state index in [1.54, 1.807) is 0 Å². The average Bonchev–Trinajstić information content (AvgIpc) is 2.43. The Hall–Kier alpha value is -1.10. The lowest BCUT2D eigenvalue weighted by molar-refractivity contribution is -0.118. The average molecular weight is 175 g/mol. The van der Waals surface area contributed by atoms with Gasteiger partial charge in [-0.15, -0.1) is 0 Å². The van der Waals surface area contributed by atoms with Gasteiger partial charge in [-0.2, -0.15) is 5.26 Å². The zero-order chi connectivity index (χ0) is 9.47. The van der Waals surface area contributed by atoms with Crippen LogP contribution in [-0.2, 0) is 4.79 Å². The summed E-state index contributed by atoms with van der Waals surface area (Å²) in [6.45, 7) is 2.07. The van der Waals surface area contributed by atoms with Crippen LogP contribution in [0.3, 0.4) is 0 Å². The Balaban J connectivity index is 2.37. The molecule has 0 unspecified atom stereocenters. The molecule has 13 heavy (non-hydrogen) atoms. The van der Waals surface area contributed by atoms with Gasteiger partial charge in [0.25, 0.3) is 0 Å². The summed E-state index contributed by atoms with van der Waals surface area (Å²) in [6.07, 6.45) is 5.39. The molecule has 2 aliphatic rings. The third-order valence-electron chi connectivity index (χ3n) is 3.50. The Bertz CT molecular complexity index is 323. The molecular weight excluding hydrogens is 162 g/mol. The number of rotatable bonds is 0. The SMILES string of the molecule is C[C@@]12CCCC(=O)C1=CC[C@H]2C#N. The molecule has 0 saturated heterocycles. The van der Waals surface area contributed by atoms with Gasteiger partial charge < -0.3 is 0 Å². The van der Waals surface area contributed by atoms with Crippen molar-refractivity contribution in [2.75, 3.05) is 0 Å². The first-order valence-corrected chi connectivity index (χ1v) is 4.82. The number of ketones is 1. The van der Waals surface area contributed by atoms with Crippen LogP contribution in [0.25, 0.3) is 0 Å². The lowest BCUT2D eigenvalue weighted by Gasteiger charge is -2.34. The molecule has 2 rings (SSSR count). The fourth-order valence-corrected chi connectivity index (χ4v) is 2.60. The van der Waals surface area contributed by atoms with Crippen LogP contribution in [0.4, 0.5) is 0 Å². The highest BCUT2D eigenvalue weighted by molar-refractivity contribution is 5.98. The summed E-state index contributed by atoms with van der Waals surface area (Å²) in [5, 5.41) is 8.96. The van der Waals surface area contributed by atoms with Crippen LogP contribution in [0, 0.1) is 22.7 Å². The van der Waals surface area contributed by atoms with Gasteiger partial charge in [0.1, 0.15) is 0 Å². The molecule has 0 amide bonds. The zero-order valence-electron chi connectivity index (χ0n) is 7.84. The van der Waals surface area contributed by atoms with Crippen molar-refractivity contribution in [2.24, 2.45) is 11.3 Å². The Morgan fingerprint density at radius 2 is 2.46 bits per heavy atom. The van der Waals surface area contributed by atoms with Crippen LogP contribution in [0.5, 0.6) is 0 Å². The molecule has 2 nitrogen and oxygen atoms in total. The van der Waals surface area contributed by atoms with E-state index in [-0.39, 0.29) is 17.1 Å². The van der Waals surface area contributed by atoms with Crippen molar-refractivity contribution in [3.05, 3.63) is 11.6 Å². The standard InChI is InChI=1S/C11H13NO/c1-11-6-2-3-10(13)9(11)5-4-8(11)7-12/h5,8H,2-4,6H2,1H3/t8-,11-/m0/s1. The van der Waals surface area contributed by atoms with Crippen molar-refractivity contribution < 1.29 is 4.79 Å². The molecule has 0 aliphatic heterocycles. The Kier molecular flexibility index (Phi) is 1.76. The summed E-state index contributed by atoms with van der Waals surface area (Å²) in [5.41, 5.74) is 0.815. The van der Waals surface area contributed by atoms with Gasteiger partial charge >= 0.3 is 0 Å². The van der Waals surface area contributed by atoms with Crippen molar-refractivity contribution in [1.82, 2.24) is 0 Å². The number of allylic oxidation sites excluding steroid dienone is 2. The molecule has 0 bridgehead atoms. The molecule has 2 atom stereocenters. The van der Waals surface area contributed by atoms with E-state index >= 15 is 0 Å². The maximum atomic E-state index is 11.6. The Labute approximate surface area is 78.2 Å². The number of carbonyl (C=O) groups excluding carboxylic acids is 1. The van der Waals surface area contributed by atoms with Crippen LogP contribution in [-0.4, -0.2) is 5.78 Å². The first-order chi connectivity index (χ1) is 6.18. The molecule has 1 fully saturated rings. The molecule has 0 heterocycles. The largest absolute Gasteiger partial charge is 0.295 e. The minimum Gasteiger partial charge on any atom is -0.295 e. The Morgan fingerprint density at radius 3 is 3.15 bits per heavy atom. The molecule has 0 radical (unpaired) electrons. The van der Waals surface area contributed by atoms with Crippen LogP contribution >= 0.6 is 0 Å². The summed E-state index contributed by atoms with van der Waals surface area (Å²) >= 11 is 0. The molecule has 0 aromatic carbocycles. The third kappa shape index (κ3) is 1.03. The Morgan fingerprint density at radius 1 is 1.69 bits per heavy atom. The van der Waals surface area contributed by atoms with Gasteiger partial charge in [0.05, 0.1) is 12.0 Å². The predicted octanol–water partition coefficient (Wildman–Crippen LogP) is 2.22. The van der Waals surface area contributed by atoms with Crippen molar-refractivity contribution in [2.45, 2.75) is 32.6 Å². The van der Waals surface area contributed by atoms with Crippen LogP contribution < -0.4 is 0 Å². The molecule has 2 heteroatoms. The van der Waals surface area contributed by atoms with Crippen molar-refractivity contribution in [3.63, 3.8) is 0 Å². The van der Waals surface area contributed by atoms with Crippen LogP contribution in [0.2, 0.25) is 0 Å². The van der Waals surface area contributed by atoms with E-state index in [2.05, 4.69) is 13.0 Å².